The van der Waals surface area contributed by atoms with E-state index < -0.39 is 16.0 Å². The van der Waals surface area contributed by atoms with E-state index in [4.69, 9.17) is 0 Å². The van der Waals surface area contributed by atoms with Crippen molar-refractivity contribution in [2.24, 2.45) is 0 Å². The summed E-state index contributed by atoms with van der Waals surface area (Å²) < 4.78 is 37.9. The number of aromatic nitrogens is 1. The van der Waals surface area contributed by atoms with Gasteiger partial charge in [-0.3, -0.25) is 10.1 Å². The lowest BCUT2D eigenvalue weighted by Crippen LogP contribution is -2.04. The molecule has 0 saturated heterocycles. The average Bonchev–Trinajstić information content (AvgIpc) is 2.77. The monoisotopic (exact) mass is 273 g/mol. The van der Waals surface area contributed by atoms with E-state index in [-0.39, 0.29) is 16.9 Å². The van der Waals surface area contributed by atoms with Crippen molar-refractivity contribution in [3.8, 4) is 11.3 Å². The third-order valence-electron chi connectivity index (χ3n) is 2.13. The predicted molar refractivity (Wildman–Crippen MR) is 58.0 cm³/mol. The number of halogens is 3. The van der Waals surface area contributed by atoms with Crippen LogP contribution in [0.25, 0.3) is 11.3 Å². The molecule has 0 aliphatic rings. The van der Waals surface area contributed by atoms with Crippen molar-refractivity contribution in [2.75, 3.05) is 0 Å². The highest BCUT2D eigenvalue weighted by Crippen LogP contribution is 2.39. The van der Waals surface area contributed by atoms with E-state index in [9.17, 15) is 23.3 Å². The fourth-order valence-electron chi connectivity index (χ4n) is 1.34. The maximum Gasteiger partial charge on any atom is 0.427 e. The molecule has 18 heavy (non-hydrogen) atoms. The molecule has 0 aliphatic carbocycles. The molecule has 0 N–H and O–H groups in total. The zero-order chi connectivity index (χ0) is 13.3. The molecule has 0 spiro atoms. The van der Waals surface area contributed by atoms with Crippen LogP contribution in [0, 0.1) is 15.6 Å². The molecule has 0 amide bonds. The van der Waals surface area contributed by atoms with Crippen LogP contribution in [-0.4, -0.2) is 9.91 Å². The Morgan fingerprint density at radius 2 is 1.89 bits per heavy atom. The van der Waals surface area contributed by atoms with E-state index in [2.05, 4.69) is 10.5 Å². The Kier molecular flexibility index (Phi) is 3.04. The highest BCUT2D eigenvalue weighted by Gasteiger charge is 2.36. The number of hydrogen-bond donors (Lipinski definition) is 0. The lowest BCUT2D eigenvalue weighted by molar-refractivity contribution is -0.384. The Morgan fingerprint density at radius 1 is 1.28 bits per heavy atom. The van der Waals surface area contributed by atoms with E-state index >= 15 is 0 Å². The van der Waals surface area contributed by atoms with Crippen LogP contribution in [0.5, 0.6) is 0 Å². The molecule has 1 heterocycles. The second-order valence-corrected chi connectivity index (χ2v) is 4.08. The zero-order valence-electron chi connectivity index (χ0n) is 8.56. The quantitative estimate of drug-likeness (QED) is 0.621. The first-order valence-corrected chi connectivity index (χ1v) is 5.40. The number of thiazole rings is 1. The normalized spacial score (nSPS) is 11.5. The van der Waals surface area contributed by atoms with Crippen LogP contribution in [0.15, 0.2) is 24.3 Å². The molecule has 0 aliphatic heterocycles. The zero-order valence-corrected chi connectivity index (χ0v) is 9.38. The molecule has 1 aromatic heterocycles. The topological polar surface area (TPSA) is 56.0 Å². The van der Waals surface area contributed by atoms with Gasteiger partial charge in [-0.1, -0.05) is 0 Å². The summed E-state index contributed by atoms with van der Waals surface area (Å²) in [4.78, 5) is 12.5. The van der Waals surface area contributed by atoms with Crippen LogP contribution in [-0.2, 0) is 6.18 Å². The summed E-state index contributed by atoms with van der Waals surface area (Å²) >= 11 is 0.367. The fourth-order valence-corrected chi connectivity index (χ4v) is 1.95. The number of nitrogens with zero attached hydrogens (tertiary/aromatic N) is 2. The average molecular weight is 273 g/mol. The summed E-state index contributed by atoms with van der Waals surface area (Å²) in [5, 5.41) is 10.4. The first-order valence-electron chi connectivity index (χ1n) is 4.58. The highest BCUT2D eigenvalue weighted by atomic mass is 32.1. The molecule has 0 bridgehead atoms. The van der Waals surface area contributed by atoms with Crippen molar-refractivity contribution in [1.82, 2.24) is 4.98 Å². The number of non-ortho nitro benzene ring substituents is 1. The van der Waals surface area contributed by atoms with Gasteiger partial charge in [-0.05, 0) is 12.1 Å². The molecule has 0 unspecified atom stereocenters. The van der Waals surface area contributed by atoms with Crippen LogP contribution in [0.4, 0.5) is 18.9 Å². The fraction of sp³-hybridized carbons (Fsp3) is 0.100. The number of alkyl halides is 3. The Labute approximate surface area is 103 Å². The van der Waals surface area contributed by atoms with Gasteiger partial charge in [-0.15, -0.1) is 11.3 Å². The predicted octanol–water partition coefficient (Wildman–Crippen LogP) is 3.54. The van der Waals surface area contributed by atoms with Crippen molar-refractivity contribution in [2.45, 2.75) is 6.18 Å². The summed E-state index contributed by atoms with van der Waals surface area (Å²) in [5.74, 6) is 0. The van der Waals surface area contributed by atoms with Gasteiger partial charge in [0.05, 0.1) is 10.6 Å². The molecule has 8 heteroatoms. The van der Waals surface area contributed by atoms with E-state index in [1.807, 2.05) is 0 Å². The van der Waals surface area contributed by atoms with E-state index in [1.54, 1.807) is 0 Å². The van der Waals surface area contributed by atoms with Gasteiger partial charge < -0.3 is 0 Å². The molecule has 2 aromatic rings. The van der Waals surface area contributed by atoms with Crippen molar-refractivity contribution in [3.05, 3.63) is 44.8 Å². The standard InChI is InChI=1S/C10H4F3N2O2S/c11-10(12,13)9-8(14-5-18-9)6-1-3-7(4-2-6)15(16)17/h1-4H. The van der Waals surface area contributed by atoms with E-state index in [0.717, 1.165) is 12.1 Å². The number of hydrogen-bond acceptors (Lipinski definition) is 4. The summed E-state index contributed by atoms with van der Waals surface area (Å²) in [7, 11) is 0. The highest BCUT2D eigenvalue weighted by molar-refractivity contribution is 7.09. The molecule has 0 atom stereocenters. The maximum absolute atomic E-state index is 12.6. The molecule has 1 aromatic carbocycles. The molecule has 1 radical (unpaired) electrons. The Bertz CT molecular complexity index is 578. The van der Waals surface area contributed by atoms with Gasteiger partial charge in [-0.25, -0.2) is 4.98 Å². The lowest BCUT2D eigenvalue weighted by atomic mass is 10.1. The molecule has 93 valence electrons. The first-order chi connectivity index (χ1) is 8.39. The minimum atomic E-state index is -4.51. The maximum atomic E-state index is 12.6. The largest absolute Gasteiger partial charge is 0.427 e. The second-order valence-electron chi connectivity index (χ2n) is 3.28. The number of rotatable bonds is 2. The smallest absolute Gasteiger partial charge is 0.258 e. The minimum Gasteiger partial charge on any atom is -0.258 e. The summed E-state index contributed by atoms with van der Waals surface area (Å²) in [6, 6.07) is 4.73. The lowest BCUT2D eigenvalue weighted by Gasteiger charge is -2.05. The van der Waals surface area contributed by atoms with Crippen molar-refractivity contribution >= 4 is 17.0 Å². The van der Waals surface area contributed by atoms with Gasteiger partial charge in [0.15, 0.2) is 5.51 Å². The summed E-state index contributed by atoms with van der Waals surface area (Å²) in [6.45, 7) is 0. The Morgan fingerprint density at radius 3 is 2.39 bits per heavy atom. The molecule has 4 nitrogen and oxygen atoms in total. The SMILES string of the molecule is O=[N+]([O-])c1ccc(-c2n[c]sc2C(F)(F)F)cc1. The van der Waals surface area contributed by atoms with E-state index in [0.29, 0.717) is 11.3 Å². The van der Waals surface area contributed by atoms with E-state index in [1.165, 1.54) is 12.1 Å². The van der Waals surface area contributed by atoms with Crippen LogP contribution < -0.4 is 0 Å². The molecule has 0 fully saturated rings. The number of nitro benzene ring substituents is 1. The Hall–Kier alpha value is -1.96. The Balaban J connectivity index is 2.44. The molecular formula is C10H4F3N2O2S. The van der Waals surface area contributed by atoms with Gasteiger partial charge in [-0.2, -0.15) is 13.2 Å². The third-order valence-corrected chi connectivity index (χ3v) is 2.94. The third kappa shape index (κ3) is 2.33. The molecule has 0 saturated carbocycles. The summed E-state index contributed by atoms with van der Waals surface area (Å²) in [6.07, 6.45) is -4.51. The number of nitro groups is 1. The van der Waals surface area contributed by atoms with Crippen LogP contribution >= 0.6 is 11.3 Å². The van der Waals surface area contributed by atoms with Gasteiger partial charge >= 0.3 is 6.18 Å². The second kappa shape index (κ2) is 4.37. The van der Waals surface area contributed by atoms with Gasteiger partial charge in [0.25, 0.3) is 5.69 Å². The van der Waals surface area contributed by atoms with Crippen LogP contribution in [0.2, 0.25) is 0 Å². The first kappa shape index (κ1) is 12.5. The summed E-state index contributed by atoms with van der Waals surface area (Å²) in [5.41, 5.74) is 1.90. The van der Waals surface area contributed by atoms with Crippen LogP contribution in [0.1, 0.15) is 4.88 Å². The molecular weight excluding hydrogens is 269 g/mol. The van der Waals surface area contributed by atoms with Gasteiger partial charge in [0.2, 0.25) is 0 Å². The van der Waals surface area contributed by atoms with Crippen molar-refractivity contribution < 1.29 is 18.1 Å². The molecule has 2 rings (SSSR count). The van der Waals surface area contributed by atoms with Crippen molar-refractivity contribution in [1.29, 1.82) is 0 Å². The van der Waals surface area contributed by atoms with Crippen molar-refractivity contribution in [3.63, 3.8) is 0 Å². The number of benzene rings is 1. The van der Waals surface area contributed by atoms with Gasteiger partial charge in [0.1, 0.15) is 4.88 Å². The van der Waals surface area contributed by atoms with Gasteiger partial charge in [0, 0.05) is 17.7 Å². The van der Waals surface area contributed by atoms with Crippen LogP contribution in [0.3, 0.4) is 0 Å². The minimum absolute atomic E-state index is 0.172.